The van der Waals surface area contributed by atoms with E-state index in [2.05, 4.69) is 43.2 Å². The van der Waals surface area contributed by atoms with Crippen molar-refractivity contribution in [2.24, 2.45) is 0 Å². The number of hydrogen-bond donors (Lipinski definition) is 1. The highest BCUT2D eigenvalue weighted by molar-refractivity contribution is 9.11. The maximum absolute atomic E-state index is 8.89. The molecule has 5 heteroatoms. The lowest BCUT2D eigenvalue weighted by atomic mass is 10.2. The Balaban J connectivity index is 2.97. The van der Waals surface area contributed by atoms with Gasteiger partial charge in [-0.15, -0.1) is 0 Å². The van der Waals surface area contributed by atoms with Gasteiger partial charge in [-0.3, -0.25) is 0 Å². The molecule has 1 aromatic carbocycles. The fourth-order valence-electron chi connectivity index (χ4n) is 1.37. The number of nitriles is 1. The van der Waals surface area contributed by atoms with Crippen LogP contribution in [0, 0.1) is 11.3 Å². The second kappa shape index (κ2) is 7.00. The molecule has 0 aliphatic carbocycles. The normalized spacial score (nSPS) is 11.9. The van der Waals surface area contributed by atoms with E-state index in [9.17, 15) is 0 Å². The first-order valence-electron chi connectivity index (χ1n) is 5.31. The second-order valence-electron chi connectivity index (χ2n) is 3.56. The van der Waals surface area contributed by atoms with Crippen LogP contribution in [-0.2, 0) is 6.54 Å². The summed E-state index contributed by atoms with van der Waals surface area (Å²) >= 11 is 6.93. The molecular weight excluding hydrogens is 348 g/mol. The number of benzene rings is 1. The summed E-state index contributed by atoms with van der Waals surface area (Å²) in [6.07, 6.45) is 0.242. The molecule has 0 fully saturated rings. The largest absolute Gasteiger partial charge is 0.473 e. The average molecular weight is 362 g/mol. The minimum absolute atomic E-state index is 0.419. The van der Waals surface area contributed by atoms with Crippen LogP contribution in [0.25, 0.3) is 0 Å². The van der Waals surface area contributed by atoms with E-state index in [1.54, 1.807) is 0 Å². The summed E-state index contributed by atoms with van der Waals surface area (Å²) in [5.41, 5.74) is 1.14. The van der Waals surface area contributed by atoms with E-state index in [1.807, 2.05) is 26.1 Å². The van der Waals surface area contributed by atoms with Crippen LogP contribution in [0.2, 0.25) is 0 Å². The van der Waals surface area contributed by atoms with E-state index in [0.717, 1.165) is 21.1 Å². The third kappa shape index (κ3) is 3.98. The van der Waals surface area contributed by atoms with Crippen LogP contribution >= 0.6 is 31.9 Å². The molecule has 3 nitrogen and oxygen atoms in total. The van der Waals surface area contributed by atoms with Crippen LogP contribution in [0.1, 0.15) is 18.9 Å². The SMILES string of the molecule is CCC(C#N)Oc1c(Br)cc(CNC)cc1Br. The Hall–Kier alpha value is -0.570. The first-order chi connectivity index (χ1) is 8.12. The zero-order chi connectivity index (χ0) is 12.8. The van der Waals surface area contributed by atoms with E-state index < -0.39 is 6.10 Å². The molecule has 0 amide bonds. The van der Waals surface area contributed by atoms with Crippen molar-refractivity contribution in [1.82, 2.24) is 5.32 Å². The zero-order valence-corrected chi connectivity index (χ0v) is 12.9. The predicted molar refractivity (Wildman–Crippen MR) is 74.9 cm³/mol. The van der Waals surface area contributed by atoms with Crippen LogP contribution in [0.4, 0.5) is 0 Å². The van der Waals surface area contributed by atoms with Crippen LogP contribution in [0.5, 0.6) is 5.75 Å². The van der Waals surface area contributed by atoms with Crippen LogP contribution < -0.4 is 10.1 Å². The zero-order valence-electron chi connectivity index (χ0n) is 9.76. The summed E-state index contributed by atoms with van der Waals surface area (Å²) in [6, 6.07) is 6.09. The predicted octanol–water partition coefficient (Wildman–Crippen LogP) is 3.61. The fourth-order valence-corrected chi connectivity index (χ4v) is 2.84. The monoisotopic (exact) mass is 360 g/mol. The number of halogens is 2. The molecule has 0 spiro atoms. The first kappa shape index (κ1) is 14.5. The van der Waals surface area contributed by atoms with Gasteiger partial charge in [0.2, 0.25) is 0 Å². The standard InChI is InChI=1S/C12H14Br2N2O/c1-3-9(6-15)17-12-10(13)4-8(7-16-2)5-11(12)14/h4-5,9,16H,3,7H2,1-2H3. The lowest BCUT2D eigenvalue weighted by Crippen LogP contribution is -2.13. The van der Waals surface area contributed by atoms with Gasteiger partial charge in [-0.05, 0) is 63.0 Å². The lowest BCUT2D eigenvalue weighted by Gasteiger charge is -2.15. The number of hydrogen-bond acceptors (Lipinski definition) is 3. The maximum Gasteiger partial charge on any atom is 0.184 e. The second-order valence-corrected chi connectivity index (χ2v) is 5.27. The van der Waals surface area contributed by atoms with Crippen LogP contribution in [0.3, 0.4) is 0 Å². The van der Waals surface area contributed by atoms with Crippen molar-refractivity contribution in [3.05, 3.63) is 26.6 Å². The van der Waals surface area contributed by atoms with Gasteiger partial charge in [0.1, 0.15) is 11.8 Å². The lowest BCUT2D eigenvalue weighted by molar-refractivity contribution is 0.248. The summed E-state index contributed by atoms with van der Waals surface area (Å²) in [6.45, 7) is 2.71. The molecule has 1 aromatic rings. The van der Waals surface area contributed by atoms with E-state index in [1.165, 1.54) is 0 Å². The third-order valence-electron chi connectivity index (χ3n) is 2.21. The molecule has 0 bridgehead atoms. The molecule has 0 aliphatic heterocycles. The molecule has 1 unspecified atom stereocenters. The highest BCUT2D eigenvalue weighted by Gasteiger charge is 2.13. The van der Waals surface area contributed by atoms with Crippen molar-refractivity contribution in [1.29, 1.82) is 5.26 Å². The van der Waals surface area contributed by atoms with Gasteiger partial charge < -0.3 is 10.1 Å². The molecule has 0 aromatic heterocycles. The molecule has 0 heterocycles. The Labute approximate surface area is 118 Å². The van der Waals surface area contributed by atoms with Gasteiger partial charge in [0.05, 0.1) is 8.95 Å². The summed E-state index contributed by atoms with van der Waals surface area (Å²) in [5, 5.41) is 12.0. The van der Waals surface area contributed by atoms with Crippen LogP contribution in [-0.4, -0.2) is 13.2 Å². The Bertz CT molecular complexity index is 406. The van der Waals surface area contributed by atoms with Crippen molar-refractivity contribution >= 4 is 31.9 Å². The van der Waals surface area contributed by atoms with Crippen molar-refractivity contribution in [3.63, 3.8) is 0 Å². The minimum Gasteiger partial charge on any atom is -0.473 e. The Morgan fingerprint density at radius 2 is 2.00 bits per heavy atom. The maximum atomic E-state index is 8.89. The molecule has 0 saturated heterocycles. The molecule has 17 heavy (non-hydrogen) atoms. The molecule has 1 rings (SSSR count). The first-order valence-corrected chi connectivity index (χ1v) is 6.89. The Kier molecular flexibility index (Phi) is 5.96. The molecule has 0 aliphatic rings. The van der Waals surface area contributed by atoms with Crippen molar-refractivity contribution < 1.29 is 4.74 Å². The van der Waals surface area contributed by atoms with E-state index in [-0.39, 0.29) is 0 Å². The molecule has 1 atom stereocenters. The van der Waals surface area contributed by atoms with E-state index in [4.69, 9.17) is 10.00 Å². The molecule has 0 radical (unpaired) electrons. The molecule has 0 saturated carbocycles. The van der Waals surface area contributed by atoms with E-state index >= 15 is 0 Å². The topological polar surface area (TPSA) is 45.0 Å². The average Bonchev–Trinajstić information content (AvgIpc) is 2.29. The quantitative estimate of drug-likeness (QED) is 0.871. The molecule has 92 valence electrons. The number of nitrogens with zero attached hydrogens (tertiary/aromatic N) is 1. The van der Waals surface area contributed by atoms with Crippen molar-refractivity contribution in [2.45, 2.75) is 26.0 Å². The highest BCUT2D eigenvalue weighted by atomic mass is 79.9. The van der Waals surface area contributed by atoms with Gasteiger partial charge in [0.25, 0.3) is 0 Å². The molecular formula is C12H14Br2N2O. The highest BCUT2D eigenvalue weighted by Crippen LogP contribution is 2.35. The van der Waals surface area contributed by atoms with E-state index in [0.29, 0.717) is 12.2 Å². The molecule has 1 N–H and O–H groups in total. The van der Waals surface area contributed by atoms with Gasteiger partial charge in [-0.1, -0.05) is 6.92 Å². The van der Waals surface area contributed by atoms with Gasteiger partial charge >= 0.3 is 0 Å². The Morgan fingerprint density at radius 3 is 2.41 bits per heavy atom. The number of nitrogens with one attached hydrogen (secondary N) is 1. The number of ether oxygens (including phenoxy) is 1. The summed E-state index contributed by atoms with van der Waals surface area (Å²) < 4.78 is 7.34. The smallest absolute Gasteiger partial charge is 0.184 e. The van der Waals surface area contributed by atoms with Crippen LogP contribution in [0.15, 0.2) is 21.1 Å². The minimum atomic E-state index is -0.419. The van der Waals surface area contributed by atoms with Gasteiger partial charge in [-0.2, -0.15) is 5.26 Å². The summed E-state index contributed by atoms with van der Waals surface area (Å²) in [4.78, 5) is 0. The third-order valence-corrected chi connectivity index (χ3v) is 3.39. The van der Waals surface area contributed by atoms with Gasteiger partial charge in [-0.25, -0.2) is 0 Å². The van der Waals surface area contributed by atoms with Crippen molar-refractivity contribution in [2.75, 3.05) is 7.05 Å². The van der Waals surface area contributed by atoms with Gasteiger partial charge in [0, 0.05) is 6.54 Å². The summed E-state index contributed by atoms with van der Waals surface area (Å²) in [7, 11) is 1.90. The Morgan fingerprint density at radius 1 is 1.41 bits per heavy atom. The van der Waals surface area contributed by atoms with Gasteiger partial charge in [0.15, 0.2) is 6.10 Å². The number of rotatable bonds is 5. The van der Waals surface area contributed by atoms with Crippen molar-refractivity contribution in [3.8, 4) is 11.8 Å². The fraction of sp³-hybridized carbons (Fsp3) is 0.417. The summed E-state index contributed by atoms with van der Waals surface area (Å²) in [5.74, 6) is 0.679.